The second kappa shape index (κ2) is 17.5. The summed E-state index contributed by atoms with van der Waals surface area (Å²) in [5, 5.41) is 14.6. The quantitative estimate of drug-likeness (QED) is 0.152. The van der Waals surface area contributed by atoms with Gasteiger partial charge in [-0.3, -0.25) is 0 Å². The van der Waals surface area contributed by atoms with E-state index in [2.05, 4.69) is 161 Å². The van der Waals surface area contributed by atoms with Gasteiger partial charge in [0.15, 0.2) is 17.5 Å². The first-order chi connectivity index (χ1) is 33.7. The first-order valence-corrected chi connectivity index (χ1v) is 26.2. The third kappa shape index (κ3) is 7.78. The Morgan fingerprint density at radius 2 is 1.10 bits per heavy atom. The zero-order valence-electron chi connectivity index (χ0n) is 40.9. The smallest absolute Gasteiger partial charge is 0.164 e. The number of rotatable bonds is 8. The van der Waals surface area contributed by atoms with Gasteiger partial charge in [0, 0.05) is 16.7 Å². The van der Waals surface area contributed by atoms with Crippen molar-refractivity contribution >= 4 is 21.5 Å². The number of hydrogen-bond acceptors (Lipinski definition) is 4. The zero-order valence-corrected chi connectivity index (χ0v) is 40.9. The Morgan fingerprint density at radius 3 is 1.83 bits per heavy atom. The molecule has 0 spiro atoms. The van der Waals surface area contributed by atoms with Gasteiger partial charge in [0.05, 0.1) is 11.6 Å². The van der Waals surface area contributed by atoms with E-state index in [1.165, 1.54) is 92.5 Å². The van der Waals surface area contributed by atoms with Crippen LogP contribution in [0.5, 0.6) is 0 Å². The Labute approximate surface area is 409 Å². The van der Waals surface area contributed by atoms with Gasteiger partial charge in [0.25, 0.3) is 0 Å². The van der Waals surface area contributed by atoms with Crippen molar-refractivity contribution in [2.45, 2.75) is 109 Å². The molecule has 4 nitrogen and oxygen atoms in total. The van der Waals surface area contributed by atoms with Crippen molar-refractivity contribution in [1.82, 2.24) is 15.0 Å². The molecule has 1 aromatic heterocycles. The minimum absolute atomic E-state index is 0.224. The van der Waals surface area contributed by atoms with E-state index in [1.807, 2.05) is 18.2 Å². The molecule has 0 amide bonds. The second-order valence-electron chi connectivity index (χ2n) is 22.5. The summed E-state index contributed by atoms with van der Waals surface area (Å²) in [6, 6.07) is 55.3. The number of fused-ring (bicyclic) bond motifs is 6. The Kier molecular flexibility index (Phi) is 11.1. The monoisotopic (exact) mass is 901 g/mol. The molecule has 4 fully saturated rings. The summed E-state index contributed by atoms with van der Waals surface area (Å²) < 4.78 is 0. The molecule has 0 N–H and O–H groups in total. The largest absolute Gasteiger partial charge is 0.208 e. The van der Waals surface area contributed by atoms with Gasteiger partial charge in [-0.25, -0.2) is 15.0 Å². The molecule has 4 bridgehead atoms. The molecule has 0 radical (unpaired) electrons. The molecule has 4 aliphatic rings. The lowest BCUT2D eigenvalue weighted by Crippen LogP contribution is -2.43. The van der Waals surface area contributed by atoms with E-state index in [9.17, 15) is 5.26 Å². The summed E-state index contributed by atoms with van der Waals surface area (Å²) in [5.74, 6) is 6.72. The maximum atomic E-state index is 9.79. The summed E-state index contributed by atoms with van der Waals surface area (Å²) in [7, 11) is 0. The normalized spacial score (nSPS) is 26.4. The van der Waals surface area contributed by atoms with Crippen LogP contribution in [0.3, 0.4) is 0 Å². The predicted molar refractivity (Wildman–Crippen MR) is 285 cm³/mol. The maximum absolute atomic E-state index is 9.79. The predicted octanol–water partition coefficient (Wildman–Crippen LogP) is 17.0. The molecule has 4 heteroatoms. The van der Waals surface area contributed by atoms with Crippen molar-refractivity contribution in [3.05, 3.63) is 162 Å². The van der Waals surface area contributed by atoms with Gasteiger partial charge >= 0.3 is 0 Å². The van der Waals surface area contributed by atoms with Crippen LogP contribution in [0.4, 0.5) is 0 Å². The van der Waals surface area contributed by atoms with Crippen molar-refractivity contribution in [2.24, 2.45) is 35.5 Å². The van der Waals surface area contributed by atoms with Crippen molar-refractivity contribution in [3.63, 3.8) is 0 Å². The highest BCUT2D eigenvalue weighted by atomic mass is 15.0. The Bertz CT molecular complexity index is 3270. The highest BCUT2D eigenvalue weighted by Gasteiger charge is 2.47. The van der Waals surface area contributed by atoms with Crippen LogP contribution in [0.25, 0.3) is 78.0 Å². The molecular weight excluding hydrogens is 837 g/mol. The minimum atomic E-state index is 0.224. The number of nitrogens with zero attached hydrogens (tertiary/aromatic N) is 4. The van der Waals surface area contributed by atoms with Crippen LogP contribution in [0.15, 0.2) is 146 Å². The molecule has 4 unspecified atom stereocenters. The lowest BCUT2D eigenvalue weighted by Gasteiger charge is -2.51. The van der Waals surface area contributed by atoms with Crippen LogP contribution in [-0.4, -0.2) is 15.0 Å². The SMILES string of the molecule is CCC1CCC2(c3ccc(-c4ccccc4-c4nc(-c5ccc(C67CC(C[C@@H](C)C6)C[C@H](C)C7)cc5)nc(-c5ccc(-c6cccc(C#N)c6)c6ccccc56)n4)c4ccccc34)C[C@@H](C)C[C@@H]1C2. The average molecular weight is 901 g/mol. The summed E-state index contributed by atoms with van der Waals surface area (Å²) in [5.41, 5.74) is 11.5. The second-order valence-corrected chi connectivity index (χ2v) is 22.5. The molecule has 1 heterocycles. The van der Waals surface area contributed by atoms with E-state index in [-0.39, 0.29) is 10.8 Å². The first-order valence-electron chi connectivity index (χ1n) is 26.2. The molecule has 8 atom stereocenters. The van der Waals surface area contributed by atoms with E-state index >= 15 is 0 Å². The fourth-order valence-corrected chi connectivity index (χ4v) is 15.3. The molecule has 12 rings (SSSR count). The molecular formula is C65H64N4. The first kappa shape index (κ1) is 43.8. The molecule has 4 saturated carbocycles. The summed E-state index contributed by atoms with van der Waals surface area (Å²) in [6.07, 6.45) is 14.5. The molecule has 4 aliphatic carbocycles. The summed E-state index contributed by atoms with van der Waals surface area (Å²) >= 11 is 0. The van der Waals surface area contributed by atoms with Crippen LogP contribution < -0.4 is 0 Å². The van der Waals surface area contributed by atoms with E-state index < -0.39 is 0 Å². The summed E-state index contributed by atoms with van der Waals surface area (Å²) in [6.45, 7) is 9.85. The van der Waals surface area contributed by atoms with Crippen LogP contribution >= 0.6 is 0 Å². The number of benzene rings is 7. The molecule has 0 aliphatic heterocycles. The van der Waals surface area contributed by atoms with Crippen LogP contribution in [0.2, 0.25) is 0 Å². The fraction of sp³-hybridized carbons (Fsp3) is 0.354. The van der Waals surface area contributed by atoms with E-state index in [4.69, 9.17) is 15.0 Å². The number of hydrogen-bond donors (Lipinski definition) is 0. The van der Waals surface area contributed by atoms with Gasteiger partial charge in [-0.2, -0.15) is 5.26 Å². The van der Waals surface area contributed by atoms with Crippen molar-refractivity contribution < 1.29 is 0 Å². The van der Waals surface area contributed by atoms with Gasteiger partial charge in [-0.05, 0) is 184 Å². The topological polar surface area (TPSA) is 62.5 Å². The Balaban J connectivity index is 1.01. The standard InChI is InChI=1S/C65H64N4/c1-5-46-29-30-64(35-43(4)33-49(46)39-64)60-28-27-56(53-16-8-10-19-57(53)60)55-18-9-11-20-58(55)62-67-61(47-21-23-50(24-22-47)65-36-41(2)31-45(38-65)32-42(3)37-65)68-63(69-62)59-26-25-51(52-15-6-7-17-54(52)59)48-14-12-13-44(34-48)40-66/h6-28,34,41-43,45-46,49H,5,29-33,35-39H2,1-4H3/t41-,42+,43-,45?,46?,49+,64?,65?/m0/s1. The van der Waals surface area contributed by atoms with Gasteiger partial charge < -0.3 is 0 Å². The van der Waals surface area contributed by atoms with Crippen LogP contribution in [-0.2, 0) is 10.8 Å². The van der Waals surface area contributed by atoms with Crippen molar-refractivity contribution in [1.29, 1.82) is 5.26 Å². The van der Waals surface area contributed by atoms with E-state index in [0.717, 1.165) is 79.7 Å². The van der Waals surface area contributed by atoms with Crippen LogP contribution in [0.1, 0.15) is 115 Å². The van der Waals surface area contributed by atoms with Crippen LogP contribution in [0, 0.1) is 46.8 Å². The third-order valence-corrected chi connectivity index (χ3v) is 17.7. The number of nitriles is 1. The van der Waals surface area contributed by atoms with Crippen molar-refractivity contribution in [3.8, 4) is 62.5 Å². The fourth-order valence-electron chi connectivity index (χ4n) is 15.3. The van der Waals surface area contributed by atoms with Gasteiger partial charge in [0.1, 0.15) is 0 Å². The lowest BCUT2D eigenvalue weighted by molar-refractivity contribution is 0.0600. The highest BCUT2D eigenvalue weighted by molar-refractivity contribution is 6.05. The van der Waals surface area contributed by atoms with Crippen molar-refractivity contribution in [2.75, 3.05) is 0 Å². The Hall–Kier alpha value is -6.44. The highest BCUT2D eigenvalue weighted by Crippen LogP contribution is 2.57. The molecule has 7 aromatic carbocycles. The zero-order chi connectivity index (χ0) is 46.9. The lowest BCUT2D eigenvalue weighted by atomic mass is 9.53. The third-order valence-electron chi connectivity index (χ3n) is 17.7. The maximum Gasteiger partial charge on any atom is 0.164 e. The average Bonchev–Trinajstić information content (AvgIpc) is 3.37. The van der Waals surface area contributed by atoms with Gasteiger partial charge in [0.2, 0.25) is 0 Å². The summed E-state index contributed by atoms with van der Waals surface area (Å²) in [4.78, 5) is 16.3. The van der Waals surface area contributed by atoms with Gasteiger partial charge in [-0.1, -0.05) is 162 Å². The molecule has 344 valence electrons. The molecule has 0 saturated heterocycles. The molecule has 69 heavy (non-hydrogen) atoms. The number of aromatic nitrogens is 3. The van der Waals surface area contributed by atoms with E-state index in [1.54, 1.807) is 5.56 Å². The Morgan fingerprint density at radius 1 is 0.507 bits per heavy atom. The minimum Gasteiger partial charge on any atom is -0.208 e. The van der Waals surface area contributed by atoms with Gasteiger partial charge in [-0.15, -0.1) is 0 Å². The van der Waals surface area contributed by atoms with E-state index in [0.29, 0.717) is 23.0 Å². The molecule has 8 aromatic rings.